The molecule has 1 aromatic carbocycles. The first-order valence-electron chi connectivity index (χ1n) is 10.5. The van der Waals surface area contributed by atoms with E-state index in [1.54, 1.807) is 7.11 Å². The maximum absolute atomic E-state index is 6.09. The van der Waals surface area contributed by atoms with Crippen molar-refractivity contribution >= 4 is 11.6 Å². The second-order valence-electron chi connectivity index (χ2n) is 9.02. The van der Waals surface area contributed by atoms with Gasteiger partial charge in [-0.1, -0.05) is 49.2 Å². The molecule has 1 heterocycles. The van der Waals surface area contributed by atoms with Crippen LogP contribution < -0.4 is 0 Å². The minimum atomic E-state index is 0.122. The molecule has 0 bridgehead atoms. The van der Waals surface area contributed by atoms with Crippen molar-refractivity contribution in [1.29, 1.82) is 0 Å². The van der Waals surface area contributed by atoms with E-state index in [9.17, 15) is 0 Å². The van der Waals surface area contributed by atoms with Gasteiger partial charge < -0.3 is 4.74 Å². The fourth-order valence-corrected chi connectivity index (χ4v) is 4.44. The fourth-order valence-electron chi connectivity index (χ4n) is 4.31. The van der Waals surface area contributed by atoms with Crippen LogP contribution in [-0.2, 0) is 10.2 Å². The predicted octanol–water partition coefficient (Wildman–Crippen LogP) is 6.48. The van der Waals surface area contributed by atoms with Gasteiger partial charge in [0.25, 0.3) is 0 Å². The molecule has 0 spiro atoms. The second-order valence-corrected chi connectivity index (χ2v) is 9.46. The molecule has 0 amide bonds. The smallest absolute Gasteiger partial charge is 0.0462 e. The number of hydrogen-bond donors (Lipinski definition) is 0. The van der Waals surface area contributed by atoms with Crippen LogP contribution >= 0.6 is 11.6 Å². The van der Waals surface area contributed by atoms with Crippen molar-refractivity contribution in [1.82, 2.24) is 4.90 Å². The Balaban J connectivity index is 2.01. The molecule has 2 nitrogen and oxygen atoms in total. The highest BCUT2D eigenvalue weighted by Crippen LogP contribution is 2.33. The zero-order valence-electron chi connectivity index (χ0n) is 17.9. The van der Waals surface area contributed by atoms with Gasteiger partial charge in [0, 0.05) is 24.8 Å². The number of nitrogens with zero attached hydrogens (tertiary/aromatic N) is 1. The fraction of sp³-hybridized carbons (Fsp3) is 0.667. The van der Waals surface area contributed by atoms with Gasteiger partial charge in [0.1, 0.15) is 0 Å². The molecule has 0 saturated carbocycles. The van der Waals surface area contributed by atoms with Crippen molar-refractivity contribution in [3.05, 3.63) is 46.5 Å². The van der Waals surface area contributed by atoms with Crippen LogP contribution in [0.25, 0.3) is 0 Å². The third kappa shape index (κ3) is 7.25. The summed E-state index contributed by atoms with van der Waals surface area (Å²) in [6, 6.07) is 8.90. The molecular weight excluding hydrogens is 354 g/mol. The van der Waals surface area contributed by atoms with E-state index in [-0.39, 0.29) is 5.41 Å². The normalized spacial score (nSPS) is 17.7. The number of likely N-dealkylation sites (tertiary alicyclic amines) is 1. The van der Waals surface area contributed by atoms with Gasteiger partial charge >= 0.3 is 0 Å². The Hall–Kier alpha value is -0.830. The van der Waals surface area contributed by atoms with E-state index in [4.69, 9.17) is 16.3 Å². The van der Waals surface area contributed by atoms with Crippen molar-refractivity contribution in [3.8, 4) is 0 Å². The van der Waals surface area contributed by atoms with Crippen LogP contribution in [0.2, 0.25) is 5.02 Å². The molecule has 1 saturated heterocycles. The Morgan fingerprint density at radius 1 is 1.22 bits per heavy atom. The highest BCUT2D eigenvalue weighted by molar-refractivity contribution is 6.30. The average Bonchev–Trinajstić information content (AvgIpc) is 2.62. The van der Waals surface area contributed by atoms with E-state index in [1.165, 1.54) is 49.9 Å². The molecule has 27 heavy (non-hydrogen) atoms. The third-order valence-electron chi connectivity index (χ3n) is 5.95. The first kappa shape index (κ1) is 22.5. The zero-order valence-corrected chi connectivity index (χ0v) is 18.7. The van der Waals surface area contributed by atoms with Gasteiger partial charge in [-0.2, -0.15) is 0 Å². The molecule has 152 valence electrons. The number of ether oxygens (including phenoxy) is 1. The molecule has 0 N–H and O–H groups in total. The summed E-state index contributed by atoms with van der Waals surface area (Å²) in [6.07, 6.45) is 8.75. The number of halogens is 1. The van der Waals surface area contributed by atoms with Gasteiger partial charge in [0.15, 0.2) is 0 Å². The number of rotatable bonds is 9. The second kappa shape index (κ2) is 10.6. The van der Waals surface area contributed by atoms with E-state index in [1.807, 2.05) is 12.1 Å². The van der Waals surface area contributed by atoms with Crippen molar-refractivity contribution in [2.24, 2.45) is 5.92 Å². The van der Waals surface area contributed by atoms with E-state index in [2.05, 4.69) is 50.8 Å². The minimum Gasteiger partial charge on any atom is -0.385 e. The predicted molar refractivity (Wildman–Crippen MR) is 118 cm³/mol. The van der Waals surface area contributed by atoms with Gasteiger partial charge in [-0.15, -0.1) is 0 Å². The molecule has 0 radical (unpaired) electrons. The molecule has 1 atom stereocenters. The Kier molecular flexibility index (Phi) is 8.85. The lowest BCUT2D eigenvalue weighted by molar-refractivity contribution is 0.124. The summed E-state index contributed by atoms with van der Waals surface area (Å²) in [5.74, 6) is 0.869. The van der Waals surface area contributed by atoms with Crippen LogP contribution in [0.15, 0.2) is 35.9 Å². The van der Waals surface area contributed by atoms with E-state index >= 15 is 0 Å². The zero-order chi connectivity index (χ0) is 19.9. The number of hydrogen-bond acceptors (Lipinski definition) is 2. The Morgan fingerprint density at radius 2 is 1.85 bits per heavy atom. The van der Waals surface area contributed by atoms with Crippen LogP contribution in [0.1, 0.15) is 65.4 Å². The van der Waals surface area contributed by atoms with Crippen LogP contribution in [0.5, 0.6) is 0 Å². The topological polar surface area (TPSA) is 12.5 Å². The first-order valence-corrected chi connectivity index (χ1v) is 10.8. The Labute approximate surface area is 171 Å². The summed E-state index contributed by atoms with van der Waals surface area (Å²) in [6.45, 7) is 12.5. The van der Waals surface area contributed by atoms with E-state index < -0.39 is 0 Å². The molecule has 1 aliphatic rings. The van der Waals surface area contributed by atoms with E-state index in [0.29, 0.717) is 6.04 Å². The molecule has 1 aliphatic heterocycles. The number of piperidine rings is 1. The van der Waals surface area contributed by atoms with Crippen molar-refractivity contribution in [2.45, 2.75) is 71.3 Å². The van der Waals surface area contributed by atoms with Gasteiger partial charge in [-0.25, -0.2) is 0 Å². The minimum absolute atomic E-state index is 0.122. The van der Waals surface area contributed by atoms with Crippen LogP contribution in [0, 0.1) is 5.92 Å². The Morgan fingerprint density at radius 3 is 2.41 bits per heavy atom. The third-order valence-corrected chi connectivity index (χ3v) is 6.20. The molecular formula is C24H38ClNO. The largest absolute Gasteiger partial charge is 0.385 e. The van der Waals surface area contributed by atoms with Gasteiger partial charge in [-0.05, 0) is 88.1 Å². The first-order chi connectivity index (χ1) is 12.8. The maximum atomic E-state index is 6.09. The van der Waals surface area contributed by atoms with E-state index in [0.717, 1.165) is 24.0 Å². The lowest BCUT2D eigenvalue weighted by atomic mass is 9.78. The van der Waals surface area contributed by atoms with Crippen molar-refractivity contribution < 1.29 is 4.74 Å². The quantitative estimate of drug-likeness (QED) is 0.352. The summed E-state index contributed by atoms with van der Waals surface area (Å²) in [5, 5.41) is 0.811. The highest BCUT2D eigenvalue weighted by Gasteiger charge is 2.30. The Bertz CT molecular complexity index is 581. The molecule has 3 heteroatoms. The summed E-state index contributed by atoms with van der Waals surface area (Å²) in [4.78, 5) is 2.71. The molecule has 1 fully saturated rings. The SMILES string of the molecule is COCCCC1CCN([C@@H](C=C(C)C)CC(C)(C)c2ccc(Cl)cc2)CC1. The molecule has 0 aromatic heterocycles. The molecule has 1 aromatic rings. The highest BCUT2D eigenvalue weighted by atomic mass is 35.5. The lowest BCUT2D eigenvalue weighted by Gasteiger charge is -2.40. The number of allylic oxidation sites excluding steroid dienone is 1. The van der Waals surface area contributed by atoms with Gasteiger partial charge in [-0.3, -0.25) is 4.90 Å². The molecule has 2 rings (SSSR count). The maximum Gasteiger partial charge on any atom is 0.0462 e. The van der Waals surface area contributed by atoms with Crippen LogP contribution in [0.4, 0.5) is 0 Å². The average molecular weight is 392 g/mol. The van der Waals surface area contributed by atoms with Crippen LogP contribution in [0.3, 0.4) is 0 Å². The van der Waals surface area contributed by atoms with Gasteiger partial charge in [0.2, 0.25) is 0 Å². The van der Waals surface area contributed by atoms with Crippen molar-refractivity contribution in [3.63, 3.8) is 0 Å². The van der Waals surface area contributed by atoms with Crippen molar-refractivity contribution in [2.75, 3.05) is 26.8 Å². The summed E-state index contributed by atoms with van der Waals surface area (Å²) in [5.41, 5.74) is 2.90. The summed E-state index contributed by atoms with van der Waals surface area (Å²) < 4.78 is 5.21. The van der Waals surface area contributed by atoms with Crippen LogP contribution in [-0.4, -0.2) is 37.7 Å². The lowest BCUT2D eigenvalue weighted by Crippen LogP contribution is -2.43. The summed E-state index contributed by atoms with van der Waals surface area (Å²) >= 11 is 6.09. The number of methoxy groups -OCH3 is 1. The summed E-state index contributed by atoms with van der Waals surface area (Å²) in [7, 11) is 1.80. The standard InChI is InChI=1S/C24H38ClNO/c1-19(2)17-23(18-24(3,4)21-8-10-22(25)11-9-21)26-14-12-20(13-15-26)7-6-16-27-5/h8-11,17,20,23H,6-7,12-16,18H2,1-5H3/t23-/m0/s1. The number of benzene rings is 1. The molecule has 0 aliphatic carbocycles. The van der Waals surface area contributed by atoms with Gasteiger partial charge in [0.05, 0.1) is 0 Å². The molecule has 0 unspecified atom stereocenters. The monoisotopic (exact) mass is 391 g/mol.